The highest BCUT2D eigenvalue weighted by molar-refractivity contribution is 5.58. The van der Waals surface area contributed by atoms with Gasteiger partial charge in [-0.2, -0.15) is 10.4 Å². The monoisotopic (exact) mass is 329 g/mol. The van der Waals surface area contributed by atoms with Crippen LogP contribution in [0, 0.1) is 18.3 Å². The van der Waals surface area contributed by atoms with Crippen LogP contribution in [0.5, 0.6) is 0 Å². The van der Waals surface area contributed by atoms with Gasteiger partial charge in [0.25, 0.3) is 0 Å². The van der Waals surface area contributed by atoms with Crippen molar-refractivity contribution in [2.24, 2.45) is 0 Å². The number of hydrogen-bond acceptors (Lipinski definition) is 4. The molecule has 1 aliphatic heterocycles. The summed E-state index contributed by atoms with van der Waals surface area (Å²) in [5.41, 5.74) is 6.22. The molecule has 2 aromatic heterocycles. The van der Waals surface area contributed by atoms with E-state index in [0.717, 1.165) is 43.1 Å². The number of fused-ring (bicyclic) bond motifs is 1. The summed E-state index contributed by atoms with van der Waals surface area (Å²) in [5.74, 6) is 0. The molecule has 0 unspecified atom stereocenters. The molecular formula is C20H19N5. The van der Waals surface area contributed by atoms with Crippen molar-refractivity contribution in [2.75, 3.05) is 6.54 Å². The lowest BCUT2D eigenvalue weighted by atomic mass is 10.1. The minimum Gasteiger partial charge on any atom is -0.291 e. The topological polar surface area (TPSA) is 57.7 Å². The first-order chi connectivity index (χ1) is 12.2. The fourth-order valence-electron chi connectivity index (χ4n) is 3.27. The predicted octanol–water partition coefficient (Wildman–Crippen LogP) is 3.14. The summed E-state index contributed by atoms with van der Waals surface area (Å²) in [6, 6.07) is 16.2. The fourth-order valence-corrected chi connectivity index (χ4v) is 3.27. The molecule has 0 fully saturated rings. The Morgan fingerprint density at radius 2 is 2.00 bits per heavy atom. The van der Waals surface area contributed by atoms with Crippen LogP contribution in [0.3, 0.4) is 0 Å². The van der Waals surface area contributed by atoms with Crippen LogP contribution in [0.1, 0.15) is 22.4 Å². The molecule has 3 aromatic rings. The molecule has 3 heterocycles. The van der Waals surface area contributed by atoms with E-state index < -0.39 is 0 Å². The first-order valence-electron chi connectivity index (χ1n) is 8.43. The van der Waals surface area contributed by atoms with E-state index in [1.807, 2.05) is 36.5 Å². The lowest BCUT2D eigenvalue weighted by Crippen LogP contribution is -2.33. The highest BCUT2D eigenvalue weighted by Gasteiger charge is 2.20. The van der Waals surface area contributed by atoms with Gasteiger partial charge in [0, 0.05) is 25.8 Å². The Hall–Kier alpha value is -2.97. The zero-order valence-corrected chi connectivity index (χ0v) is 14.2. The zero-order chi connectivity index (χ0) is 17.2. The number of hydrogen-bond donors (Lipinski definition) is 0. The van der Waals surface area contributed by atoms with Crippen LogP contribution in [0.2, 0.25) is 0 Å². The van der Waals surface area contributed by atoms with Crippen molar-refractivity contribution < 1.29 is 0 Å². The van der Waals surface area contributed by atoms with Gasteiger partial charge in [-0.15, -0.1) is 0 Å². The number of rotatable bonds is 3. The molecule has 5 heteroatoms. The molecular weight excluding hydrogens is 310 g/mol. The average molecular weight is 329 g/mol. The Labute approximate surface area is 147 Å². The standard InChI is InChI=1S/C20H19N5/c1-15-3-2-8-22-20(15)19-11-18-14-24(9-10-25(18)23-19)13-17-6-4-16(12-21)5-7-17/h2-8,11H,9-10,13-14H2,1H3. The van der Waals surface area contributed by atoms with E-state index in [0.29, 0.717) is 5.56 Å². The van der Waals surface area contributed by atoms with E-state index in [-0.39, 0.29) is 0 Å². The van der Waals surface area contributed by atoms with E-state index in [4.69, 9.17) is 10.4 Å². The van der Waals surface area contributed by atoms with Gasteiger partial charge in [-0.05, 0) is 42.3 Å². The maximum atomic E-state index is 8.90. The molecule has 0 atom stereocenters. The van der Waals surface area contributed by atoms with Gasteiger partial charge in [0.05, 0.1) is 29.6 Å². The van der Waals surface area contributed by atoms with Gasteiger partial charge in [-0.1, -0.05) is 18.2 Å². The Kier molecular flexibility index (Phi) is 4.04. The summed E-state index contributed by atoms with van der Waals surface area (Å²) in [6.07, 6.45) is 1.82. The molecule has 0 amide bonds. The van der Waals surface area contributed by atoms with Gasteiger partial charge >= 0.3 is 0 Å². The fraction of sp³-hybridized carbons (Fsp3) is 0.250. The van der Waals surface area contributed by atoms with Gasteiger partial charge in [0.15, 0.2) is 0 Å². The SMILES string of the molecule is Cc1cccnc1-c1cc2n(n1)CCN(Cc1ccc(C#N)cc1)C2. The number of nitrogens with zero attached hydrogens (tertiary/aromatic N) is 5. The third kappa shape index (κ3) is 3.17. The van der Waals surface area contributed by atoms with E-state index in [9.17, 15) is 0 Å². The molecule has 0 bridgehead atoms. The molecule has 0 saturated heterocycles. The molecule has 0 radical (unpaired) electrons. The zero-order valence-electron chi connectivity index (χ0n) is 14.2. The Bertz CT molecular complexity index is 933. The second-order valence-corrected chi connectivity index (χ2v) is 6.43. The van der Waals surface area contributed by atoms with Crippen molar-refractivity contribution in [3.05, 3.63) is 71.0 Å². The Morgan fingerprint density at radius 1 is 1.16 bits per heavy atom. The Balaban J connectivity index is 1.51. The number of nitriles is 1. The molecule has 5 nitrogen and oxygen atoms in total. The predicted molar refractivity (Wildman–Crippen MR) is 95.5 cm³/mol. The summed E-state index contributed by atoms with van der Waals surface area (Å²) < 4.78 is 2.10. The maximum Gasteiger partial charge on any atom is 0.111 e. The first-order valence-corrected chi connectivity index (χ1v) is 8.43. The quantitative estimate of drug-likeness (QED) is 0.741. The van der Waals surface area contributed by atoms with Crippen LogP contribution in [0.4, 0.5) is 0 Å². The van der Waals surface area contributed by atoms with Crippen LogP contribution in [0.25, 0.3) is 11.4 Å². The van der Waals surface area contributed by atoms with Gasteiger partial charge in [0.2, 0.25) is 0 Å². The largest absolute Gasteiger partial charge is 0.291 e. The first kappa shape index (κ1) is 15.6. The van der Waals surface area contributed by atoms with Crippen LogP contribution in [0.15, 0.2) is 48.7 Å². The molecule has 4 rings (SSSR count). The lowest BCUT2D eigenvalue weighted by Gasteiger charge is -2.27. The Morgan fingerprint density at radius 3 is 2.76 bits per heavy atom. The molecule has 1 aromatic carbocycles. The van der Waals surface area contributed by atoms with E-state index in [1.165, 1.54) is 11.3 Å². The third-order valence-corrected chi connectivity index (χ3v) is 4.62. The molecule has 1 aliphatic rings. The summed E-state index contributed by atoms with van der Waals surface area (Å²) in [6.45, 7) is 5.68. The van der Waals surface area contributed by atoms with Gasteiger partial charge in [-0.25, -0.2) is 0 Å². The number of benzene rings is 1. The number of aryl methyl sites for hydroxylation is 1. The minimum absolute atomic E-state index is 0.704. The number of pyridine rings is 1. The van der Waals surface area contributed by atoms with Crippen LogP contribution in [-0.2, 0) is 19.6 Å². The highest BCUT2D eigenvalue weighted by Crippen LogP contribution is 2.23. The normalized spacial score (nSPS) is 14.1. The molecule has 0 N–H and O–H groups in total. The summed E-state index contributed by atoms with van der Waals surface area (Å²) in [4.78, 5) is 6.89. The van der Waals surface area contributed by atoms with Gasteiger partial charge < -0.3 is 0 Å². The summed E-state index contributed by atoms with van der Waals surface area (Å²) >= 11 is 0. The van der Waals surface area contributed by atoms with Crippen molar-refractivity contribution in [1.82, 2.24) is 19.7 Å². The van der Waals surface area contributed by atoms with E-state index in [2.05, 4.69) is 39.7 Å². The van der Waals surface area contributed by atoms with Crippen molar-refractivity contribution in [3.8, 4) is 17.5 Å². The smallest absolute Gasteiger partial charge is 0.111 e. The van der Waals surface area contributed by atoms with Crippen LogP contribution < -0.4 is 0 Å². The molecule has 25 heavy (non-hydrogen) atoms. The van der Waals surface area contributed by atoms with E-state index >= 15 is 0 Å². The second kappa shape index (κ2) is 6.50. The van der Waals surface area contributed by atoms with Crippen LogP contribution >= 0.6 is 0 Å². The second-order valence-electron chi connectivity index (χ2n) is 6.43. The summed E-state index contributed by atoms with van der Waals surface area (Å²) in [5, 5.41) is 13.6. The summed E-state index contributed by atoms with van der Waals surface area (Å²) in [7, 11) is 0. The molecule has 124 valence electrons. The van der Waals surface area contributed by atoms with Crippen molar-refractivity contribution >= 4 is 0 Å². The minimum atomic E-state index is 0.704. The molecule has 0 aliphatic carbocycles. The van der Waals surface area contributed by atoms with Gasteiger partial charge in [0.1, 0.15) is 5.69 Å². The average Bonchev–Trinajstić information content (AvgIpc) is 3.06. The van der Waals surface area contributed by atoms with Crippen molar-refractivity contribution in [3.63, 3.8) is 0 Å². The third-order valence-electron chi connectivity index (χ3n) is 4.62. The van der Waals surface area contributed by atoms with Crippen molar-refractivity contribution in [1.29, 1.82) is 5.26 Å². The molecule has 0 saturated carbocycles. The van der Waals surface area contributed by atoms with Crippen LogP contribution in [-0.4, -0.2) is 26.2 Å². The maximum absolute atomic E-state index is 8.90. The van der Waals surface area contributed by atoms with Gasteiger partial charge in [-0.3, -0.25) is 14.6 Å². The number of aromatic nitrogens is 3. The molecule has 0 spiro atoms. The van der Waals surface area contributed by atoms with Crippen molar-refractivity contribution in [2.45, 2.75) is 26.6 Å². The highest BCUT2D eigenvalue weighted by atomic mass is 15.3. The van der Waals surface area contributed by atoms with E-state index in [1.54, 1.807) is 0 Å². The lowest BCUT2D eigenvalue weighted by molar-refractivity contribution is 0.205.